The number of hydrogen-bond donors (Lipinski definition) is 0. The third kappa shape index (κ3) is 6.87. The van der Waals surface area contributed by atoms with Crippen LogP contribution in [-0.4, -0.2) is 28.8 Å². The lowest BCUT2D eigenvalue weighted by Gasteiger charge is -2.52. The molecule has 0 saturated carbocycles. The highest BCUT2D eigenvalue weighted by Crippen LogP contribution is 2.51. The van der Waals surface area contributed by atoms with E-state index in [0.29, 0.717) is 0 Å². The van der Waals surface area contributed by atoms with Crippen LogP contribution in [0.1, 0.15) is 106 Å². The standard InChI is InChI=1S/C20H44O2Si/c1-8-11-14-19(6,21-7)20(15-12-9-2,16-13-10-3)17-18(4,5)22-23/h8-17H2,1-7,23H3. The zero-order chi connectivity index (χ0) is 18.0. The summed E-state index contributed by atoms with van der Waals surface area (Å²) in [6.45, 7) is 13.8. The summed E-state index contributed by atoms with van der Waals surface area (Å²) in [6, 6.07) is 0. The predicted molar refractivity (Wildman–Crippen MR) is 106 cm³/mol. The second-order valence-corrected chi connectivity index (χ2v) is 8.57. The molecule has 0 aromatic rings. The Kier molecular flexibility index (Phi) is 11.0. The van der Waals surface area contributed by atoms with Crippen molar-refractivity contribution in [1.29, 1.82) is 0 Å². The van der Waals surface area contributed by atoms with Gasteiger partial charge in [-0.15, -0.1) is 0 Å². The fourth-order valence-electron chi connectivity index (χ4n) is 4.03. The van der Waals surface area contributed by atoms with Gasteiger partial charge in [-0.05, 0) is 46.5 Å². The van der Waals surface area contributed by atoms with Crippen LogP contribution < -0.4 is 0 Å². The fraction of sp³-hybridized carbons (Fsp3) is 1.00. The molecular formula is C20H44O2Si. The van der Waals surface area contributed by atoms with Gasteiger partial charge in [-0.25, -0.2) is 0 Å². The number of unbranched alkanes of at least 4 members (excludes halogenated alkanes) is 3. The predicted octanol–water partition coefficient (Wildman–Crippen LogP) is 5.41. The smallest absolute Gasteiger partial charge is 0.146 e. The number of ether oxygens (including phenoxy) is 1. The van der Waals surface area contributed by atoms with E-state index >= 15 is 0 Å². The zero-order valence-electron chi connectivity index (χ0n) is 17.4. The summed E-state index contributed by atoms with van der Waals surface area (Å²) < 4.78 is 12.2. The van der Waals surface area contributed by atoms with Crippen molar-refractivity contribution < 1.29 is 9.16 Å². The van der Waals surface area contributed by atoms with Gasteiger partial charge in [0.2, 0.25) is 0 Å². The average Bonchev–Trinajstić information content (AvgIpc) is 2.54. The second-order valence-electron chi connectivity index (χ2n) is 8.17. The molecule has 0 aliphatic heterocycles. The summed E-state index contributed by atoms with van der Waals surface area (Å²) >= 11 is 0. The highest BCUT2D eigenvalue weighted by atomic mass is 28.2. The molecule has 0 aliphatic rings. The van der Waals surface area contributed by atoms with Gasteiger partial charge in [-0.3, -0.25) is 0 Å². The molecule has 0 fully saturated rings. The van der Waals surface area contributed by atoms with Crippen LogP contribution in [0.25, 0.3) is 0 Å². The molecule has 0 saturated heterocycles. The van der Waals surface area contributed by atoms with Crippen LogP contribution in [0.15, 0.2) is 0 Å². The first-order chi connectivity index (χ1) is 10.8. The molecule has 0 aromatic heterocycles. The van der Waals surface area contributed by atoms with E-state index < -0.39 is 0 Å². The Bertz CT molecular complexity index is 296. The molecular weight excluding hydrogens is 300 g/mol. The Morgan fingerprint density at radius 3 is 1.57 bits per heavy atom. The first-order valence-corrected chi connectivity index (χ1v) is 10.7. The van der Waals surface area contributed by atoms with Crippen molar-refractivity contribution in [2.45, 2.75) is 117 Å². The molecule has 1 unspecified atom stereocenters. The molecule has 3 heteroatoms. The van der Waals surface area contributed by atoms with Crippen LogP contribution in [0, 0.1) is 5.41 Å². The Morgan fingerprint density at radius 1 is 0.783 bits per heavy atom. The Balaban J connectivity index is 5.71. The van der Waals surface area contributed by atoms with E-state index in [9.17, 15) is 0 Å². The van der Waals surface area contributed by atoms with Gasteiger partial charge in [0, 0.05) is 12.5 Å². The summed E-state index contributed by atoms with van der Waals surface area (Å²) in [5.74, 6) is 0. The van der Waals surface area contributed by atoms with Crippen molar-refractivity contribution in [3.05, 3.63) is 0 Å². The molecule has 0 amide bonds. The highest BCUT2D eigenvalue weighted by molar-refractivity contribution is 5.98. The van der Waals surface area contributed by atoms with Gasteiger partial charge in [0.15, 0.2) is 0 Å². The fourth-order valence-corrected chi connectivity index (χ4v) is 4.18. The molecule has 1 atom stereocenters. The van der Waals surface area contributed by atoms with Gasteiger partial charge >= 0.3 is 0 Å². The molecule has 0 heterocycles. The summed E-state index contributed by atoms with van der Waals surface area (Å²) in [7, 11) is 2.73. The van der Waals surface area contributed by atoms with Crippen LogP contribution in [0.4, 0.5) is 0 Å². The second kappa shape index (κ2) is 10.9. The molecule has 23 heavy (non-hydrogen) atoms. The van der Waals surface area contributed by atoms with Crippen LogP contribution in [0.5, 0.6) is 0 Å². The SMILES string of the molecule is CCCCC(CCCC)(CC(C)(C)O[SiH3])C(C)(CCCC)OC. The van der Waals surface area contributed by atoms with Crippen LogP contribution in [-0.2, 0) is 9.16 Å². The largest absolute Gasteiger partial charge is 0.423 e. The molecule has 0 rings (SSSR count). The molecule has 0 N–H and O–H groups in total. The van der Waals surface area contributed by atoms with Crippen molar-refractivity contribution >= 4 is 10.5 Å². The maximum atomic E-state index is 6.25. The van der Waals surface area contributed by atoms with E-state index in [4.69, 9.17) is 9.16 Å². The summed E-state index contributed by atoms with van der Waals surface area (Å²) in [4.78, 5) is 0. The summed E-state index contributed by atoms with van der Waals surface area (Å²) in [6.07, 6.45) is 12.3. The molecule has 0 radical (unpaired) electrons. The Hall–Kier alpha value is 0.137. The van der Waals surface area contributed by atoms with E-state index in [0.717, 1.165) is 23.3 Å². The maximum absolute atomic E-state index is 6.25. The Labute approximate surface area is 149 Å². The average molecular weight is 345 g/mol. The van der Waals surface area contributed by atoms with E-state index in [1.807, 2.05) is 7.11 Å². The molecule has 0 aromatic carbocycles. The molecule has 2 nitrogen and oxygen atoms in total. The number of hydrogen-bond acceptors (Lipinski definition) is 2. The molecule has 0 bridgehead atoms. The first-order valence-electron chi connectivity index (χ1n) is 9.86. The van der Waals surface area contributed by atoms with Gasteiger partial charge in [0.05, 0.1) is 11.2 Å². The van der Waals surface area contributed by atoms with Gasteiger partial charge in [-0.1, -0.05) is 59.3 Å². The van der Waals surface area contributed by atoms with Gasteiger partial charge in [-0.2, -0.15) is 0 Å². The summed E-state index contributed by atoms with van der Waals surface area (Å²) in [5.41, 5.74) is 0.126. The summed E-state index contributed by atoms with van der Waals surface area (Å²) in [5, 5.41) is 0. The highest BCUT2D eigenvalue weighted by Gasteiger charge is 2.49. The van der Waals surface area contributed by atoms with E-state index in [1.54, 1.807) is 0 Å². The van der Waals surface area contributed by atoms with E-state index in [1.165, 1.54) is 51.4 Å². The van der Waals surface area contributed by atoms with Crippen LogP contribution in [0.2, 0.25) is 0 Å². The van der Waals surface area contributed by atoms with Crippen molar-refractivity contribution in [3.8, 4) is 0 Å². The third-order valence-electron chi connectivity index (χ3n) is 5.91. The van der Waals surface area contributed by atoms with Crippen LogP contribution >= 0.6 is 0 Å². The monoisotopic (exact) mass is 344 g/mol. The minimum Gasteiger partial charge on any atom is -0.423 e. The Morgan fingerprint density at radius 2 is 1.22 bits per heavy atom. The lowest BCUT2D eigenvalue weighted by atomic mass is 9.60. The first kappa shape index (κ1) is 23.1. The zero-order valence-corrected chi connectivity index (χ0v) is 19.4. The topological polar surface area (TPSA) is 18.5 Å². The van der Waals surface area contributed by atoms with Gasteiger partial charge in [0.25, 0.3) is 0 Å². The molecule has 0 aliphatic carbocycles. The van der Waals surface area contributed by atoms with Gasteiger partial charge < -0.3 is 9.16 Å². The number of rotatable bonds is 14. The quantitative estimate of drug-likeness (QED) is 0.392. The van der Waals surface area contributed by atoms with E-state index in [2.05, 4.69) is 41.5 Å². The minimum atomic E-state index is -0.0509. The normalized spacial score (nSPS) is 15.8. The van der Waals surface area contributed by atoms with Crippen molar-refractivity contribution in [2.75, 3.05) is 7.11 Å². The van der Waals surface area contributed by atoms with E-state index in [-0.39, 0.29) is 16.6 Å². The van der Waals surface area contributed by atoms with Crippen LogP contribution in [0.3, 0.4) is 0 Å². The molecule has 140 valence electrons. The minimum absolute atomic E-state index is 0.0420. The maximum Gasteiger partial charge on any atom is 0.146 e. The lowest BCUT2D eigenvalue weighted by Crippen LogP contribution is -2.51. The van der Waals surface area contributed by atoms with Crippen molar-refractivity contribution in [1.82, 2.24) is 0 Å². The number of methoxy groups -OCH3 is 1. The lowest BCUT2D eigenvalue weighted by molar-refractivity contribution is -0.141. The third-order valence-corrected chi connectivity index (χ3v) is 7.02. The van der Waals surface area contributed by atoms with Gasteiger partial charge in [0.1, 0.15) is 10.5 Å². The van der Waals surface area contributed by atoms with Crippen molar-refractivity contribution in [3.63, 3.8) is 0 Å². The van der Waals surface area contributed by atoms with Crippen molar-refractivity contribution in [2.24, 2.45) is 5.41 Å². The molecule has 0 spiro atoms.